The number of nitrogens with one attached hydrogen (secondary N) is 2. The molecule has 0 fully saturated rings. The molecule has 12 heteroatoms. The van der Waals surface area contributed by atoms with Crippen molar-refractivity contribution < 1.29 is 26.4 Å². The van der Waals surface area contributed by atoms with Gasteiger partial charge in [-0.2, -0.15) is 26.7 Å². The van der Waals surface area contributed by atoms with Crippen LogP contribution < -0.4 is 10.0 Å². The van der Waals surface area contributed by atoms with Gasteiger partial charge >= 0.3 is 12.2 Å². The molecule has 148 valence electrons. The van der Waals surface area contributed by atoms with Crippen molar-refractivity contribution in [2.45, 2.75) is 38.0 Å². The van der Waals surface area contributed by atoms with Crippen LogP contribution in [0.4, 0.5) is 23.7 Å². The van der Waals surface area contributed by atoms with Gasteiger partial charge in [-0.05, 0) is 44.5 Å². The molecule has 0 aliphatic heterocycles. The van der Waals surface area contributed by atoms with Gasteiger partial charge in [-0.25, -0.2) is 9.52 Å². The van der Waals surface area contributed by atoms with Crippen molar-refractivity contribution in [3.63, 3.8) is 0 Å². The van der Waals surface area contributed by atoms with E-state index in [1.807, 2.05) is 5.32 Å². The molecular formula is C15H16ClF3N4O3S. The van der Waals surface area contributed by atoms with Crippen molar-refractivity contribution in [1.82, 2.24) is 14.5 Å². The van der Waals surface area contributed by atoms with Crippen LogP contribution in [0.15, 0.2) is 29.4 Å². The minimum atomic E-state index is -4.80. The van der Waals surface area contributed by atoms with E-state index in [0.29, 0.717) is 6.07 Å². The van der Waals surface area contributed by atoms with Gasteiger partial charge < -0.3 is 5.32 Å². The first-order valence-corrected chi connectivity index (χ1v) is 9.43. The minimum absolute atomic E-state index is 0.0199. The second kappa shape index (κ2) is 7.39. The number of hydrogen-bond acceptors (Lipinski definition) is 4. The molecular weight excluding hydrogens is 409 g/mol. The number of alkyl halides is 3. The van der Waals surface area contributed by atoms with Gasteiger partial charge in [0.15, 0.2) is 5.03 Å². The Bertz CT molecular complexity index is 971. The summed E-state index contributed by atoms with van der Waals surface area (Å²) in [6.45, 7) is 4.84. The van der Waals surface area contributed by atoms with Crippen LogP contribution in [0.1, 0.15) is 31.0 Å². The first-order valence-electron chi connectivity index (χ1n) is 7.57. The van der Waals surface area contributed by atoms with Crippen molar-refractivity contribution in [3.8, 4) is 0 Å². The van der Waals surface area contributed by atoms with Crippen LogP contribution in [0.25, 0.3) is 0 Å². The van der Waals surface area contributed by atoms with E-state index in [-0.39, 0.29) is 16.6 Å². The number of anilines is 1. The first kappa shape index (κ1) is 21.0. The summed E-state index contributed by atoms with van der Waals surface area (Å²) in [6.07, 6.45) is -3.39. The number of aryl methyl sites for hydroxylation is 1. The molecule has 2 N–H and O–H groups in total. The Labute approximate surface area is 158 Å². The molecule has 1 aromatic heterocycles. The molecule has 2 rings (SSSR count). The molecule has 27 heavy (non-hydrogen) atoms. The summed E-state index contributed by atoms with van der Waals surface area (Å²) >= 11 is 5.64. The number of hydrogen-bond donors (Lipinski definition) is 2. The Kier molecular flexibility index (Phi) is 5.76. The molecule has 1 heterocycles. The van der Waals surface area contributed by atoms with Gasteiger partial charge in [0.25, 0.3) is 10.0 Å². The third-order valence-corrected chi connectivity index (χ3v) is 4.90. The third kappa shape index (κ3) is 4.92. The fraction of sp³-hybridized carbons (Fsp3) is 0.333. The number of urea groups is 1. The number of rotatable bonds is 4. The normalized spacial score (nSPS) is 12.3. The van der Waals surface area contributed by atoms with E-state index in [0.717, 1.165) is 0 Å². The van der Waals surface area contributed by atoms with Gasteiger partial charge in [0.05, 0.1) is 11.3 Å². The van der Waals surface area contributed by atoms with E-state index in [4.69, 9.17) is 11.6 Å². The number of aromatic nitrogens is 2. The average molecular weight is 425 g/mol. The highest BCUT2D eigenvalue weighted by Crippen LogP contribution is 2.38. The molecule has 0 unspecified atom stereocenters. The molecule has 2 amide bonds. The molecule has 0 bridgehead atoms. The quantitative estimate of drug-likeness (QED) is 0.777. The Balaban J connectivity index is 2.28. The number of carbonyl (C=O) groups excluding carboxylic acids is 1. The monoisotopic (exact) mass is 424 g/mol. The topological polar surface area (TPSA) is 93.1 Å². The Morgan fingerprint density at radius 2 is 1.93 bits per heavy atom. The van der Waals surface area contributed by atoms with E-state index in [1.54, 1.807) is 18.6 Å². The second-order valence-corrected chi connectivity index (χ2v) is 8.00. The molecule has 0 aliphatic carbocycles. The van der Waals surface area contributed by atoms with Crippen molar-refractivity contribution in [1.29, 1.82) is 0 Å². The zero-order valence-electron chi connectivity index (χ0n) is 14.4. The predicted molar refractivity (Wildman–Crippen MR) is 93.1 cm³/mol. The van der Waals surface area contributed by atoms with Crippen molar-refractivity contribution in [2.24, 2.45) is 0 Å². The van der Waals surface area contributed by atoms with Crippen LogP contribution in [0.3, 0.4) is 0 Å². The Morgan fingerprint density at radius 3 is 2.44 bits per heavy atom. The summed E-state index contributed by atoms with van der Waals surface area (Å²) < 4.78 is 66.9. The highest BCUT2D eigenvalue weighted by Gasteiger charge is 2.35. The highest BCUT2D eigenvalue weighted by molar-refractivity contribution is 7.90. The van der Waals surface area contributed by atoms with Gasteiger partial charge in [-0.3, -0.25) is 4.68 Å². The Hall–Kier alpha value is -2.27. The van der Waals surface area contributed by atoms with E-state index >= 15 is 0 Å². The van der Waals surface area contributed by atoms with Crippen LogP contribution in [-0.4, -0.2) is 24.2 Å². The molecule has 0 aliphatic rings. The smallest absolute Gasteiger partial charge is 0.306 e. The zero-order valence-corrected chi connectivity index (χ0v) is 16.0. The lowest BCUT2D eigenvalue weighted by Crippen LogP contribution is -2.35. The van der Waals surface area contributed by atoms with E-state index in [1.165, 1.54) is 29.9 Å². The van der Waals surface area contributed by atoms with Gasteiger partial charge in [-0.1, -0.05) is 11.6 Å². The number of benzene rings is 1. The number of amides is 2. The Morgan fingerprint density at radius 1 is 1.30 bits per heavy atom. The van der Waals surface area contributed by atoms with Crippen LogP contribution in [0.5, 0.6) is 0 Å². The lowest BCUT2D eigenvalue weighted by atomic mass is 10.1. The molecule has 0 saturated heterocycles. The third-order valence-electron chi connectivity index (χ3n) is 3.46. The minimum Gasteiger partial charge on any atom is -0.306 e. The summed E-state index contributed by atoms with van der Waals surface area (Å²) in [5.74, 6) is 0. The molecule has 0 radical (unpaired) electrons. The number of halogens is 4. The van der Waals surface area contributed by atoms with Crippen molar-refractivity contribution in [3.05, 3.63) is 40.5 Å². The SMILES string of the molecule is Cc1cc(Cl)cc(C(F)(F)F)c1NC(=O)NS(=O)(=O)c1ccn(C(C)C)n1. The fourth-order valence-electron chi connectivity index (χ4n) is 2.20. The van der Waals surface area contributed by atoms with Crippen LogP contribution >= 0.6 is 11.6 Å². The maximum Gasteiger partial charge on any atom is 0.418 e. The number of nitrogens with zero attached hydrogens (tertiary/aromatic N) is 2. The number of sulfonamides is 1. The van der Waals surface area contributed by atoms with Crippen LogP contribution in [0, 0.1) is 6.92 Å². The summed E-state index contributed by atoms with van der Waals surface area (Å²) in [4.78, 5) is 12.0. The number of carbonyl (C=O) groups is 1. The summed E-state index contributed by atoms with van der Waals surface area (Å²) in [7, 11) is -4.36. The van der Waals surface area contributed by atoms with Crippen molar-refractivity contribution in [2.75, 3.05) is 5.32 Å². The van der Waals surface area contributed by atoms with Gasteiger partial charge in [0.1, 0.15) is 0 Å². The molecule has 0 atom stereocenters. The lowest BCUT2D eigenvalue weighted by Gasteiger charge is -2.17. The summed E-state index contributed by atoms with van der Waals surface area (Å²) in [6, 6.07) is 1.55. The maximum absolute atomic E-state index is 13.2. The van der Waals surface area contributed by atoms with Gasteiger partial charge in [-0.15, -0.1) is 0 Å². The van der Waals surface area contributed by atoms with Crippen LogP contribution in [-0.2, 0) is 16.2 Å². The highest BCUT2D eigenvalue weighted by atomic mass is 35.5. The second-order valence-electron chi connectivity index (χ2n) is 5.93. The molecule has 0 saturated carbocycles. The molecule has 1 aromatic carbocycles. The van der Waals surface area contributed by atoms with Crippen molar-refractivity contribution >= 4 is 33.3 Å². The largest absolute Gasteiger partial charge is 0.418 e. The lowest BCUT2D eigenvalue weighted by molar-refractivity contribution is -0.136. The summed E-state index contributed by atoms with van der Waals surface area (Å²) in [5, 5.41) is 5.14. The van der Waals surface area contributed by atoms with E-state index < -0.39 is 38.5 Å². The van der Waals surface area contributed by atoms with Gasteiger partial charge in [0, 0.05) is 17.3 Å². The molecule has 7 nitrogen and oxygen atoms in total. The molecule has 0 spiro atoms. The summed E-state index contributed by atoms with van der Waals surface area (Å²) in [5.41, 5.74) is -1.76. The standard InChI is InChI=1S/C15H16ClF3N4O3S/c1-8(2)23-5-4-12(21-23)27(25,26)22-14(24)20-13-9(3)6-10(16)7-11(13)15(17,18)19/h4-8H,1-3H3,(H2,20,22,24). The van der Waals surface area contributed by atoms with E-state index in [2.05, 4.69) is 5.10 Å². The van der Waals surface area contributed by atoms with Gasteiger partial charge in [0.2, 0.25) is 0 Å². The predicted octanol–water partition coefficient (Wildman–Crippen LogP) is 3.96. The zero-order chi connectivity index (χ0) is 20.6. The fourth-order valence-corrected chi connectivity index (χ4v) is 3.31. The molecule has 2 aromatic rings. The van der Waals surface area contributed by atoms with Crippen LogP contribution in [0.2, 0.25) is 5.02 Å². The van der Waals surface area contributed by atoms with E-state index in [9.17, 15) is 26.4 Å². The maximum atomic E-state index is 13.2. The average Bonchev–Trinajstić information content (AvgIpc) is 2.99. The first-order chi connectivity index (χ1) is 12.3.